The van der Waals surface area contributed by atoms with E-state index in [1.54, 1.807) is 0 Å². The fourth-order valence-electron chi connectivity index (χ4n) is 1.80. The standard InChI is InChI=1S/C10H15F3N2O5S/c1-9(8(17)18,10(11,12)13)15-7(16)4-6-5-21(19,20)3-2-14-6/h6,14H,2-5H2,1H3,(H,15,16)(H,17,18). The van der Waals surface area contributed by atoms with Crippen LogP contribution in [0.5, 0.6) is 0 Å². The van der Waals surface area contributed by atoms with E-state index in [0.29, 0.717) is 6.92 Å². The van der Waals surface area contributed by atoms with Crippen LogP contribution >= 0.6 is 0 Å². The van der Waals surface area contributed by atoms with Gasteiger partial charge in [0.05, 0.1) is 11.5 Å². The molecule has 0 radical (unpaired) electrons. The van der Waals surface area contributed by atoms with Gasteiger partial charge >= 0.3 is 12.1 Å². The molecule has 1 amide bonds. The van der Waals surface area contributed by atoms with Crippen LogP contribution in [-0.4, -0.2) is 61.2 Å². The Labute approximate surface area is 118 Å². The first-order chi connectivity index (χ1) is 9.37. The Morgan fingerprint density at radius 2 is 1.95 bits per heavy atom. The summed E-state index contributed by atoms with van der Waals surface area (Å²) in [6.45, 7) is 0.425. The molecule has 1 aliphatic rings. The van der Waals surface area contributed by atoms with Crippen molar-refractivity contribution in [3.63, 3.8) is 0 Å². The Morgan fingerprint density at radius 3 is 2.38 bits per heavy atom. The molecule has 11 heteroatoms. The molecule has 0 aromatic heterocycles. The molecule has 1 saturated heterocycles. The third-order valence-electron chi connectivity index (χ3n) is 3.12. The lowest BCUT2D eigenvalue weighted by Crippen LogP contribution is -2.62. The molecule has 1 aliphatic heterocycles. The molecule has 7 nitrogen and oxygen atoms in total. The van der Waals surface area contributed by atoms with Crippen molar-refractivity contribution in [1.82, 2.24) is 10.6 Å². The van der Waals surface area contributed by atoms with Gasteiger partial charge in [0.25, 0.3) is 0 Å². The molecule has 122 valence electrons. The van der Waals surface area contributed by atoms with E-state index < -0.39 is 45.9 Å². The molecule has 2 atom stereocenters. The first kappa shape index (κ1) is 17.7. The van der Waals surface area contributed by atoms with Crippen LogP contribution < -0.4 is 10.6 Å². The van der Waals surface area contributed by atoms with Gasteiger partial charge in [-0.1, -0.05) is 0 Å². The van der Waals surface area contributed by atoms with Crippen LogP contribution in [0.4, 0.5) is 13.2 Å². The summed E-state index contributed by atoms with van der Waals surface area (Å²) in [7, 11) is -3.35. The molecule has 2 unspecified atom stereocenters. The van der Waals surface area contributed by atoms with Crippen molar-refractivity contribution in [2.24, 2.45) is 0 Å². The van der Waals surface area contributed by atoms with Crippen LogP contribution in [0.15, 0.2) is 0 Å². The quantitative estimate of drug-likeness (QED) is 0.627. The molecule has 0 aromatic carbocycles. The Hall–Kier alpha value is -1.36. The first-order valence-electron chi connectivity index (χ1n) is 5.92. The normalized spacial score (nSPS) is 24.9. The Balaban J connectivity index is 2.74. The molecule has 1 heterocycles. The van der Waals surface area contributed by atoms with Crippen molar-refractivity contribution in [2.75, 3.05) is 18.1 Å². The molecule has 1 fully saturated rings. The highest BCUT2D eigenvalue weighted by molar-refractivity contribution is 7.91. The van der Waals surface area contributed by atoms with Crippen molar-refractivity contribution in [3.8, 4) is 0 Å². The van der Waals surface area contributed by atoms with E-state index in [1.807, 2.05) is 0 Å². The van der Waals surface area contributed by atoms with E-state index in [4.69, 9.17) is 5.11 Å². The third-order valence-corrected chi connectivity index (χ3v) is 4.85. The Kier molecular flexibility index (Phi) is 4.88. The average molecular weight is 332 g/mol. The fraction of sp³-hybridized carbons (Fsp3) is 0.800. The lowest BCUT2D eigenvalue weighted by atomic mass is 10.0. The van der Waals surface area contributed by atoms with E-state index in [2.05, 4.69) is 5.32 Å². The second-order valence-corrected chi connectivity index (χ2v) is 7.17. The van der Waals surface area contributed by atoms with Crippen LogP contribution in [0.25, 0.3) is 0 Å². The molecule has 0 bridgehead atoms. The number of hydrogen-bond acceptors (Lipinski definition) is 5. The Bertz CT molecular complexity index is 533. The van der Waals surface area contributed by atoms with Gasteiger partial charge in [-0.3, -0.25) is 4.79 Å². The summed E-state index contributed by atoms with van der Waals surface area (Å²) in [6.07, 6.45) is -5.74. The number of nitrogens with one attached hydrogen (secondary N) is 2. The summed E-state index contributed by atoms with van der Waals surface area (Å²) >= 11 is 0. The zero-order valence-corrected chi connectivity index (χ0v) is 11.8. The smallest absolute Gasteiger partial charge is 0.422 e. The summed E-state index contributed by atoms with van der Waals surface area (Å²) in [5.74, 6) is -3.92. The number of carboxylic acid groups (broad SMARTS) is 1. The number of carbonyl (C=O) groups is 2. The summed E-state index contributed by atoms with van der Waals surface area (Å²) in [5, 5.41) is 12.8. The zero-order valence-electron chi connectivity index (χ0n) is 11.0. The van der Waals surface area contributed by atoms with Gasteiger partial charge in [0.2, 0.25) is 11.4 Å². The van der Waals surface area contributed by atoms with Gasteiger partial charge in [0, 0.05) is 19.0 Å². The lowest BCUT2D eigenvalue weighted by molar-refractivity contribution is -0.207. The minimum Gasteiger partial charge on any atom is -0.479 e. The van der Waals surface area contributed by atoms with Gasteiger partial charge < -0.3 is 15.7 Å². The van der Waals surface area contributed by atoms with Crippen LogP contribution in [0.2, 0.25) is 0 Å². The number of rotatable bonds is 4. The number of hydrogen-bond donors (Lipinski definition) is 3. The van der Waals surface area contributed by atoms with Crippen molar-refractivity contribution in [2.45, 2.75) is 31.1 Å². The molecule has 1 rings (SSSR count). The predicted octanol–water partition coefficient (Wildman–Crippen LogP) is -0.715. The van der Waals surface area contributed by atoms with Crippen LogP contribution in [-0.2, 0) is 19.4 Å². The minimum atomic E-state index is -5.18. The summed E-state index contributed by atoms with van der Waals surface area (Å²) in [5.41, 5.74) is -3.42. The number of sulfone groups is 1. The highest BCUT2D eigenvalue weighted by atomic mass is 32.2. The average Bonchev–Trinajstić information content (AvgIpc) is 2.25. The summed E-state index contributed by atoms with van der Waals surface area (Å²) in [6, 6.07) is -0.838. The summed E-state index contributed by atoms with van der Waals surface area (Å²) < 4.78 is 60.8. The van der Waals surface area contributed by atoms with Gasteiger partial charge in [-0.15, -0.1) is 0 Å². The number of halogens is 3. The van der Waals surface area contributed by atoms with E-state index in [9.17, 15) is 31.2 Å². The SMILES string of the molecule is CC(NC(=O)CC1CS(=O)(=O)CCN1)(C(=O)O)C(F)(F)F. The van der Waals surface area contributed by atoms with Crippen LogP contribution in [0.1, 0.15) is 13.3 Å². The molecule has 0 aromatic rings. The zero-order chi connectivity index (χ0) is 16.5. The number of aliphatic carboxylic acids is 1. The van der Waals surface area contributed by atoms with Crippen LogP contribution in [0.3, 0.4) is 0 Å². The van der Waals surface area contributed by atoms with Gasteiger partial charge in [0.15, 0.2) is 9.84 Å². The molecule has 0 aliphatic carbocycles. The molecular weight excluding hydrogens is 317 g/mol. The van der Waals surface area contributed by atoms with Gasteiger partial charge in [-0.25, -0.2) is 13.2 Å². The second-order valence-electron chi connectivity index (χ2n) is 4.95. The second kappa shape index (κ2) is 5.79. The first-order valence-corrected chi connectivity index (χ1v) is 7.74. The third kappa shape index (κ3) is 4.30. The molecule has 0 saturated carbocycles. The maximum Gasteiger partial charge on any atom is 0.422 e. The lowest BCUT2D eigenvalue weighted by Gasteiger charge is -2.30. The molecular formula is C10H15F3N2O5S. The van der Waals surface area contributed by atoms with E-state index in [0.717, 1.165) is 0 Å². The molecule has 21 heavy (non-hydrogen) atoms. The number of alkyl halides is 3. The topological polar surface area (TPSA) is 113 Å². The Morgan fingerprint density at radius 1 is 1.38 bits per heavy atom. The van der Waals surface area contributed by atoms with Gasteiger partial charge in [-0.2, -0.15) is 13.2 Å². The maximum atomic E-state index is 12.7. The van der Waals surface area contributed by atoms with E-state index in [1.165, 1.54) is 5.32 Å². The molecule has 3 N–H and O–H groups in total. The van der Waals surface area contributed by atoms with Crippen molar-refractivity contribution in [1.29, 1.82) is 0 Å². The predicted molar refractivity (Wildman–Crippen MR) is 65.3 cm³/mol. The van der Waals surface area contributed by atoms with Gasteiger partial charge in [0.1, 0.15) is 0 Å². The monoisotopic (exact) mass is 332 g/mol. The van der Waals surface area contributed by atoms with Crippen molar-refractivity contribution >= 4 is 21.7 Å². The number of carbonyl (C=O) groups excluding carboxylic acids is 1. The molecule has 0 spiro atoms. The van der Waals surface area contributed by atoms with Gasteiger partial charge in [-0.05, 0) is 6.92 Å². The number of carboxylic acids is 1. The highest BCUT2D eigenvalue weighted by Gasteiger charge is 2.58. The minimum absolute atomic E-state index is 0.0930. The maximum absolute atomic E-state index is 12.7. The highest BCUT2D eigenvalue weighted by Crippen LogP contribution is 2.30. The van der Waals surface area contributed by atoms with E-state index >= 15 is 0 Å². The van der Waals surface area contributed by atoms with Crippen molar-refractivity contribution in [3.05, 3.63) is 0 Å². The van der Waals surface area contributed by atoms with Crippen molar-refractivity contribution < 1.29 is 36.3 Å². The van der Waals surface area contributed by atoms with E-state index in [-0.39, 0.29) is 18.1 Å². The summed E-state index contributed by atoms with van der Waals surface area (Å²) in [4.78, 5) is 22.3. The fourth-order valence-corrected chi connectivity index (χ4v) is 3.24. The largest absolute Gasteiger partial charge is 0.479 e. The number of amides is 1. The van der Waals surface area contributed by atoms with Crippen LogP contribution in [0, 0.1) is 0 Å².